The van der Waals surface area contributed by atoms with Crippen LogP contribution in [0.5, 0.6) is 5.75 Å². The van der Waals surface area contributed by atoms with Crippen molar-refractivity contribution in [3.8, 4) is 5.75 Å². The predicted octanol–water partition coefficient (Wildman–Crippen LogP) is 0.634. The first-order valence-electron chi connectivity index (χ1n) is 5.15. The largest absolute Gasteiger partial charge is 0.494 e. The van der Waals surface area contributed by atoms with Crippen LogP contribution in [0.3, 0.4) is 0 Å². The van der Waals surface area contributed by atoms with Gasteiger partial charge in [-0.25, -0.2) is 9.97 Å². The molecule has 0 aliphatic heterocycles. The maximum absolute atomic E-state index is 5.94. The van der Waals surface area contributed by atoms with Crippen molar-refractivity contribution >= 4 is 5.95 Å². The van der Waals surface area contributed by atoms with E-state index < -0.39 is 0 Å². The molecule has 2 rings (SSSR count). The molecule has 1 fully saturated rings. The van der Waals surface area contributed by atoms with Gasteiger partial charge in [0.25, 0.3) is 0 Å². The summed E-state index contributed by atoms with van der Waals surface area (Å²) in [5.74, 6) is 1.95. The van der Waals surface area contributed by atoms with Crippen LogP contribution in [0, 0.1) is 5.92 Å². The standard InChI is InChI=1S/C10H16N4O/c1-15-8-4-12-10(13-5-8)14-6-9(11)7-2-3-7/h4-5,7,9H,2-3,6,11H2,1H3,(H,12,13,14). The van der Waals surface area contributed by atoms with E-state index in [4.69, 9.17) is 10.5 Å². The molecule has 1 saturated carbocycles. The minimum Gasteiger partial charge on any atom is -0.494 e. The van der Waals surface area contributed by atoms with Gasteiger partial charge >= 0.3 is 0 Å². The summed E-state index contributed by atoms with van der Waals surface area (Å²) < 4.78 is 4.97. The van der Waals surface area contributed by atoms with E-state index in [1.807, 2.05) is 0 Å². The van der Waals surface area contributed by atoms with Crippen molar-refractivity contribution in [1.82, 2.24) is 9.97 Å². The van der Waals surface area contributed by atoms with Crippen LogP contribution in [0.2, 0.25) is 0 Å². The third-order valence-electron chi connectivity index (χ3n) is 2.59. The average molecular weight is 208 g/mol. The van der Waals surface area contributed by atoms with Crippen molar-refractivity contribution in [1.29, 1.82) is 0 Å². The Hall–Kier alpha value is -1.36. The number of nitrogens with two attached hydrogens (primary N) is 1. The number of aromatic nitrogens is 2. The molecule has 1 heterocycles. The van der Waals surface area contributed by atoms with Crippen molar-refractivity contribution in [2.45, 2.75) is 18.9 Å². The lowest BCUT2D eigenvalue weighted by atomic mass is 10.2. The van der Waals surface area contributed by atoms with Gasteiger partial charge < -0.3 is 15.8 Å². The van der Waals surface area contributed by atoms with Gasteiger partial charge in [-0.2, -0.15) is 0 Å². The third-order valence-corrected chi connectivity index (χ3v) is 2.59. The molecule has 1 atom stereocenters. The van der Waals surface area contributed by atoms with Crippen LogP contribution in [0.15, 0.2) is 12.4 Å². The number of nitrogens with one attached hydrogen (secondary N) is 1. The van der Waals surface area contributed by atoms with Crippen molar-refractivity contribution in [3.05, 3.63) is 12.4 Å². The molecule has 5 heteroatoms. The van der Waals surface area contributed by atoms with E-state index >= 15 is 0 Å². The lowest BCUT2D eigenvalue weighted by Gasteiger charge is -2.11. The molecular weight excluding hydrogens is 192 g/mol. The fourth-order valence-electron chi connectivity index (χ4n) is 1.41. The first-order valence-corrected chi connectivity index (χ1v) is 5.15. The fourth-order valence-corrected chi connectivity index (χ4v) is 1.41. The van der Waals surface area contributed by atoms with Crippen molar-refractivity contribution in [3.63, 3.8) is 0 Å². The minimum absolute atomic E-state index is 0.218. The Bertz CT molecular complexity index is 310. The molecular formula is C10H16N4O. The van der Waals surface area contributed by atoms with Gasteiger partial charge in [0, 0.05) is 12.6 Å². The summed E-state index contributed by atoms with van der Waals surface area (Å²) in [6.45, 7) is 0.733. The highest BCUT2D eigenvalue weighted by Gasteiger charge is 2.28. The molecule has 1 aliphatic rings. The van der Waals surface area contributed by atoms with E-state index in [-0.39, 0.29) is 6.04 Å². The lowest BCUT2D eigenvalue weighted by Crippen LogP contribution is -2.31. The highest BCUT2D eigenvalue weighted by molar-refractivity contribution is 5.27. The highest BCUT2D eigenvalue weighted by Crippen LogP contribution is 2.31. The monoisotopic (exact) mass is 208 g/mol. The molecule has 0 bridgehead atoms. The summed E-state index contributed by atoms with van der Waals surface area (Å²) in [5.41, 5.74) is 5.94. The van der Waals surface area contributed by atoms with Crippen molar-refractivity contribution in [2.75, 3.05) is 19.0 Å². The fraction of sp³-hybridized carbons (Fsp3) is 0.600. The first-order chi connectivity index (χ1) is 7.29. The third kappa shape index (κ3) is 2.79. The van der Waals surface area contributed by atoms with E-state index in [9.17, 15) is 0 Å². The second-order valence-electron chi connectivity index (χ2n) is 3.83. The molecule has 0 aromatic carbocycles. The number of rotatable bonds is 5. The predicted molar refractivity (Wildman–Crippen MR) is 57.8 cm³/mol. The van der Waals surface area contributed by atoms with E-state index in [0.29, 0.717) is 17.6 Å². The van der Waals surface area contributed by atoms with Gasteiger partial charge in [0.1, 0.15) is 0 Å². The normalized spacial score (nSPS) is 17.2. The van der Waals surface area contributed by atoms with Crippen molar-refractivity contribution in [2.24, 2.45) is 11.7 Å². The summed E-state index contributed by atoms with van der Waals surface area (Å²) >= 11 is 0. The Kier molecular flexibility index (Phi) is 3.01. The zero-order valence-electron chi connectivity index (χ0n) is 8.81. The average Bonchev–Trinajstić information content (AvgIpc) is 3.10. The van der Waals surface area contributed by atoms with Crippen LogP contribution < -0.4 is 15.8 Å². The molecule has 0 saturated heterocycles. The van der Waals surface area contributed by atoms with E-state index in [1.54, 1.807) is 19.5 Å². The summed E-state index contributed by atoms with van der Waals surface area (Å²) in [6, 6.07) is 0.218. The highest BCUT2D eigenvalue weighted by atomic mass is 16.5. The summed E-state index contributed by atoms with van der Waals surface area (Å²) in [5, 5.41) is 3.11. The number of anilines is 1. The van der Waals surface area contributed by atoms with Crippen LogP contribution in [-0.4, -0.2) is 29.7 Å². The van der Waals surface area contributed by atoms with E-state index in [0.717, 1.165) is 6.54 Å². The SMILES string of the molecule is COc1cnc(NCC(N)C2CC2)nc1. The Morgan fingerprint density at radius 1 is 1.53 bits per heavy atom. The number of ether oxygens (including phenoxy) is 1. The topological polar surface area (TPSA) is 73.1 Å². The maximum Gasteiger partial charge on any atom is 0.222 e. The van der Waals surface area contributed by atoms with E-state index in [1.165, 1.54) is 12.8 Å². The van der Waals surface area contributed by atoms with Crippen molar-refractivity contribution < 1.29 is 4.74 Å². The van der Waals surface area contributed by atoms with Gasteiger partial charge in [0.15, 0.2) is 5.75 Å². The summed E-state index contributed by atoms with van der Waals surface area (Å²) in [4.78, 5) is 8.20. The lowest BCUT2D eigenvalue weighted by molar-refractivity contribution is 0.411. The Balaban J connectivity index is 1.81. The van der Waals surface area contributed by atoms with Gasteiger partial charge in [-0.1, -0.05) is 0 Å². The summed E-state index contributed by atoms with van der Waals surface area (Å²) in [7, 11) is 1.59. The molecule has 0 radical (unpaired) electrons. The number of hydrogen-bond donors (Lipinski definition) is 2. The molecule has 3 N–H and O–H groups in total. The molecule has 1 aliphatic carbocycles. The zero-order valence-corrected chi connectivity index (χ0v) is 8.81. The Labute approximate surface area is 89.1 Å². The first kappa shape index (κ1) is 10.2. The molecule has 1 aromatic rings. The molecule has 1 unspecified atom stereocenters. The Morgan fingerprint density at radius 3 is 2.73 bits per heavy atom. The molecule has 15 heavy (non-hydrogen) atoms. The number of hydrogen-bond acceptors (Lipinski definition) is 5. The van der Waals surface area contributed by atoms with Crippen LogP contribution in [0.4, 0.5) is 5.95 Å². The van der Waals surface area contributed by atoms with Crippen LogP contribution in [-0.2, 0) is 0 Å². The van der Waals surface area contributed by atoms with Gasteiger partial charge in [-0.05, 0) is 18.8 Å². The summed E-state index contributed by atoms with van der Waals surface area (Å²) in [6.07, 6.45) is 5.79. The Morgan fingerprint density at radius 2 is 2.20 bits per heavy atom. The van der Waals surface area contributed by atoms with Crippen LogP contribution in [0.1, 0.15) is 12.8 Å². The van der Waals surface area contributed by atoms with Gasteiger partial charge in [0.2, 0.25) is 5.95 Å². The second-order valence-corrected chi connectivity index (χ2v) is 3.83. The molecule has 0 amide bonds. The molecule has 1 aromatic heterocycles. The van der Waals surface area contributed by atoms with Gasteiger partial charge in [-0.15, -0.1) is 0 Å². The van der Waals surface area contributed by atoms with Crippen LogP contribution in [0.25, 0.3) is 0 Å². The second kappa shape index (κ2) is 4.44. The minimum atomic E-state index is 0.218. The molecule has 5 nitrogen and oxygen atoms in total. The maximum atomic E-state index is 5.94. The molecule has 82 valence electrons. The zero-order chi connectivity index (χ0) is 10.7. The number of nitrogens with zero attached hydrogens (tertiary/aromatic N) is 2. The van der Waals surface area contributed by atoms with Gasteiger partial charge in [0.05, 0.1) is 19.5 Å². The number of methoxy groups -OCH3 is 1. The quantitative estimate of drug-likeness (QED) is 0.742. The smallest absolute Gasteiger partial charge is 0.222 e. The van der Waals surface area contributed by atoms with E-state index in [2.05, 4.69) is 15.3 Å². The molecule has 0 spiro atoms. The van der Waals surface area contributed by atoms with Gasteiger partial charge in [-0.3, -0.25) is 0 Å². The van der Waals surface area contributed by atoms with Crippen LogP contribution >= 0.6 is 0 Å².